The summed E-state index contributed by atoms with van der Waals surface area (Å²) in [6, 6.07) is 8.67. The average molecular weight is 433 g/mol. The molecule has 4 rings (SSSR count). The Balaban J connectivity index is 1.52. The number of likely N-dealkylation sites (tertiary alicyclic amines) is 1. The summed E-state index contributed by atoms with van der Waals surface area (Å²) < 4.78 is 17.3. The molecule has 2 atom stereocenters. The first-order valence-corrected chi connectivity index (χ1v) is 11.7. The molecule has 162 valence electrons. The predicted molar refractivity (Wildman–Crippen MR) is 115 cm³/mol. The summed E-state index contributed by atoms with van der Waals surface area (Å²) in [5.41, 5.74) is 0.676. The van der Waals surface area contributed by atoms with E-state index in [1.54, 1.807) is 22.7 Å². The molecule has 2 aliphatic heterocycles. The van der Waals surface area contributed by atoms with E-state index in [2.05, 4.69) is 0 Å². The molecule has 8 heteroatoms. The van der Waals surface area contributed by atoms with Gasteiger partial charge in [0.25, 0.3) is 5.91 Å². The molecule has 0 unspecified atom stereocenters. The molecule has 1 aromatic heterocycles. The van der Waals surface area contributed by atoms with Crippen LogP contribution in [-0.4, -0.2) is 71.4 Å². The average Bonchev–Trinajstić information content (AvgIpc) is 3.51. The Labute approximate surface area is 180 Å². The number of carbonyl (C=O) groups excluding carboxylic acids is 2. The number of para-hydroxylation sites is 1. The smallest absolute Gasteiger partial charge is 0.290 e. The zero-order chi connectivity index (χ0) is 21.1. The van der Waals surface area contributed by atoms with E-state index in [0.717, 1.165) is 17.6 Å². The van der Waals surface area contributed by atoms with Crippen molar-refractivity contribution in [2.75, 3.05) is 31.4 Å². The van der Waals surface area contributed by atoms with E-state index in [4.69, 9.17) is 13.9 Å². The lowest BCUT2D eigenvalue weighted by molar-refractivity contribution is -0.174. The molecule has 0 N–H and O–H groups in total. The molecule has 0 saturated carbocycles. The summed E-state index contributed by atoms with van der Waals surface area (Å²) >= 11 is 1.69. The molecule has 3 heterocycles. The van der Waals surface area contributed by atoms with Crippen LogP contribution in [-0.2, 0) is 14.3 Å². The summed E-state index contributed by atoms with van der Waals surface area (Å²) in [7, 11) is 0. The van der Waals surface area contributed by atoms with Crippen LogP contribution in [0.4, 0.5) is 0 Å². The van der Waals surface area contributed by atoms with Gasteiger partial charge < -0.3 is 23.7 Å². The van der Waals surface area contributed by atoms with Crippen molar-refractivity contribution in [3.05, 3.63) is 36.1 Å². The molecule has 0 bridgehead atoms. The Kier molecular flexibility index (Phi) is 6.65. The Morgan fingerprint density at radius 3 is 2.70 bits per heavy atom. The summed E-state index contributed by atoms with van der Waals surface area (Å²) in [6.45, 7) is 5.44. The summed E-state index contributed by atoms with van der Waals surface area (Å²) in [6.07, 6.45) is 1.01. The van der Waals surface area contributed by atoms with E-state index in [-0.39, 0.29) is 23.6 Å². The van der Waals surface area contributed by atoms with Crippen LogP contribution in [0.1, 0.15) is 37.2 Å². The van der Waals surface area contributed by atoms with Crippen LogP contribution in [0.5, 0.6) is 0 Å². The first kappa shape index (κ1) is 21.2. The maximum absolute atomic E-state index is 13.5. The summed E-state index contributed by atoms with van der Waals surface area (Å²) in [5, 5.41) is 0.884. The van der Waals surface area contributed by atoms with Gasteiger partial charge in [0.05, 0.1) is 11.9 Å². The fourth-order valence-corrected chi connectivity index (χ4v) is 5.39. The van der Waals surface area contributed by atoms with E-state index in [9.17, 15) is 9.59 Å². The van der Waals surface area contributed by atoms with E-state index >= 15 is 0 Å². The van der Waals surface area contributed by atoms with Crippen molar-refractivity contribution in [1.29, 1.82) is 0 Å². The third-order valence-corrected chi connectivity index (χ3v) is 6.65. The molecule has 30 heavy (non-hydrogen) atoms. The van der Waals surface area contributed by atoms with Crippen molar-refractivity contribution in [1.82, 2.24) is 9.80 Å². The maximum Gasteiger partial charge on any atom is 0.290 e. The van der Waals surface area contributed by atoms with Crippen LogP contribution < -0.4 is 0 Å². The highest BCUT2D eigenvalue weighted by Crippen LogP contribution is 2.30. The van der Waals surface area contributed by atoms with Gasteiger partial charge >= 0.3 is 0 Å². The Morgan fingerprint density at radius 2 is 1.97 bits per heavy atom. The molecule has 0 spiro atoms. The lowest BCUT2D eigenvalue weighted by Crippen LogP contribution is -2.53. The highest BCUT2D eigenvalue weighted by atomic mass is 32.2. The van der Waals surface area contributed by atoms with Crippen LogP contribution in [0.2, 0.25) is 0 Å². The molecule has 2 aromatic rings. The monoisotopic (exact) mass is 432 g/mol. The number of hydrogen-bond acceptors (Lipinski definition) is 6. The van der Waals surface area contributed by atoms with Crippen molar-refractivity contribution >= 4 is 34.5 Å². The first-order valence-electron chi connectivity index (χ1n) is 10.5. The third-order valence-electron chi connectivity index (χ3n) is 5.61. The zero-order valence-corrected chi connectivity index (χ0v) is 18.2. The number of ether oxygens (including phenoxy) is 2. The van der Waals surface area contributed by atoms with Crippen LogP contribution in [0.3, 0.4) is 0 Å². The van der Waals surface area contributed by atoms with Crippen molar-refractivity contribution < 1.29 is 23.5 Å². The predicted octanol–water partition coefficient (Wildman–Crippen LogP) is 3.34. The largest absolute Gasteiger partial charge is 0.451 e. The Hall–Kier alpha value is -2.03. The molecular weight excluding hydrogens is 404 g/mol. The lowest BCUT2D eigenvalue weighted by Gasteiger charge is -2.33. The quantitative estimate of drug-likeness (QED) is 0.625. The number of thioether (sulfide) groups is 1. The minimum atomic E-state index is -0.476. The fourth-order valence-electron chi connectivity index (χ4n) is 4.20. The minimum Gasteiger partial charge on any atom is -0.451 e. The number of furan rings is 1. The van der Waals surface area contributed by atoms with Crippen LogP contribution in [0.15, 0.2) is 34.7 Å². The molecule has 2 fully saturated rings. The van der Waals surface area contributed by atoms with E-state index in [0.29, 0.717) is 37.6 Å². The van der Waals surface area contributed by atoms with Crippen LogP contribution in [0.25, 0.3) is 11.0 Å². The number of rotatable bonds is 7. The fraction of sp³-hybridized carbons (Fsp3) is 0.545. The first-order chi connectivity index (χ1) is 14.6. The van der Waals surface area contributed by atoms with Crippen molar-refractivity contribution in [3.8, 4) is 0 Å². The van der Waals surface area contributed by atoms with Crippen molar-refractivity contribution in [2.24, 2.45) is 0 Å². The van der Waals surface area contributed by atoms with Crippen molar-refractivity contribution in [2.45, 2.75) is 45.1 Å². The summed E-state index contributed by atoms with van der Waals surface area (Å²) in [5.74, 6) is 1.38. The third kappa shape index (κ3) is 4.08. The number of hydrogen-bond donors (Lipinski definition) is 0. The number of fused-ring (bicyclic) bond motifs is 1. The van der Waals surface area contributed by atoms with E-state index < -0.39 is 12.3 Å². The van der Waals surface area contributed by atoms with Gasteiger partial charge in [-0.1, -0.05) is 18.2 Å². The van der Waals surface area contributed by atoms with Gasteiger partial charge in [0.1, 0.15) is 11.6 Å². The number of amides is 2. The lowest BCUT2D eigenvalue weighted by atomic mass is 10.1. The highest BCUT2D eigenvalue weighted by molar-refractivity contribution is 7.99. The minimum absolute atomic E-state index is 0.0311. The van der Waals surface area contributed by atoms with E-state index in [1.165, 1.54) is 0 Å². The van der Waals surface area contributed by atoms with Gasteiger partial charge in [-0.2, -0.15) is 0 Å². The molecule has 2 amide bonds. The Morgan fingerprint density at radius 1 is 1.20 bits per heavy atom. The Bertz CT molecular complexity index is 862. The van der Waals surface area contributed by atoms with Gasteiger partial charge in [-0.05, 0) is 38.8 Å². The SMILES string of the molecule is CCOC(OCC)[C@@H]1CSCN1C(=O)[C@@H]1CCCN1C(=O)c1cc2ccccc2o1. The molecule has 2 saturated heterocycles. The molecule has 7 nitrogen and oxygen atoms in total. The van der Waals surface area contributed by atoms with Gasteiger partial charge in [-0.3, -0.25) is 9.59 Å². The van der Waals surface area contributed by atoms with Crippen LogP contribution >= 0.6 is 11.8 Å². The second-order valence-corrected chi connectivity index (χ2v) is 8.46. The summed E-state index contributed by atoms with van der Waals surface area (Å²) in [4.78, 5) is 30.1. The van der Waals surface area contributed by atoms with Crippen LogP contribution in [0, 0.1) is 0 Å². The zero-order valence-electron chi connectivity index (χ0n) is 17.4. The molecule has 0 radical (unpaired) electrons. The topological polar surface area (TPSA) is 72.2 Å². The van der Waals surface area contributed by atoms with Gasteiger partial charge in [0.15, 0.2) is 12.1 Å². The van der Waals surface area contributed by atoms with Gasteiger partial charge in [0, 0.05) is 30.9 Å². The number of nitrogens with zero attached hydrogens (tertiary/aromatic N) is 2. The van der Waals surface area contributed by atoms with E-state index in [1.807, 2.05) is 43.0 Å². The van der Waals surface area contributed by atoms with Gasteiger partial charge in [0.2, 0.25) is 5.91 Å². The normalized spacial score (nSPS) is 21.8. The second kappa shape index (κ2) is 9.41. The number of carbonyl (C=O) groups is 2. The molecule has 1 aromatic carbocycles. The molecule has 2 aliphatic rings. The maximum atomic E-state index is 13.5. The second-order valence-electron chi connectivity index (χ2n) is 7.46. The molecule has 0 aliphatic carbocycles. The number of benzene rings is 1. The van der Waals surface area contributed by atoms with Crippen molar-refractivity contribution in [3.63, 3.8) is 0 Å². The standard InChI is InChI=1S/C22H28N2O5S/c1-3-27-22(28-4-2)17-13-30-14-24(17)20(25)16-9-7-11-23(16)21(26)19-12-15-8-5-6-10-18(15)29-19/h5-6,8,10,12,16-17,22H,3-4,7,9,11,13-14H2,1-2H3/t16-,17-/m0/s1. The molecular formula is C22H28N2O5S. The highest BCUT2D eigenvalue weighted by Gasteiger charge is 2.43. The van der Waals surface area contributed by atoms with Gasteiger partial charge in [-0.25, -0.2) is 0 Å². The van der Waals surface area contributed by atoms with Gasteiger partial charge in [-0.15, -0.1) is 11.8 Å².